The van der Waals surface area contributed by atoms with Gasteiger partial charge in [0.05, 0.1) is 26.7 Å². The molecule has 2 heteroatoms. The van der Waals surface area contributed by atoms with Crippen LogP contribution in [0, 0.1) is 0 Å². The number of hydrogen-bond donors (Lipinski definition) is 1. The smallest absolute Gasteiger partial charge is 0.0921 e. The third-order valence-electron chi connectivity index (χ3n) is 3.97. The zero-order valence-corrected chi connectivity index (χ0v) is 11.6. The molecular formula is C13H29N2+. The van der Waals surface area contributed by atoms with Crippen molar-refractivity contribution in [2.45, 2.75) is 64.6 Å². The van der Waals surface area contributed by atoms with Gasteiger partial charge in [0, 0.05) is 23.9 Å². The van der Waals surface area contributed by atoms with Crippen molar-refractivity contribution < 1.29 is 4.48 Å². The Morgan fingerprint density at radius 1 is 1.07 bits per heavy atom. The van der Waals surface area contributed by atoms with Gasteiger partial charge in [-0.25, -0.2) is 0 Å². The summed E-state index contributed by atoms with van der Waals surface area (Å²) in [5, 5.41) is 3.75. The number of rotatable bonds is 2. The zero-order valence-electron chi connectivity index (χ0n) is 11.6. The Balaban J connectivity index is 2.84. The molecule has 0 aromatic heterocycles. The monoisotopic (exact) mass is 213 g/mol. The first-order valence-corrected chi connectivity index (χ1v) is 6.20. The van der Waals surface area contributed by atoms with Gasteiger partial charge in [-0.2, -0.15) is 0 Å². The molecule has 0 aromatic carbocycles. The largest absolute Gasteiger partial charge is 0.326 e. The Morgan fingerprint density at radius 3 is 1.80 bits per heavy atom. The average Bonchev–Trinajstić information content (AvgIpc) is 1.98. The molecule has 0 unspecified atom stereocenters. The highest BCUT2D eigenvalue weighted by molar-refractivity contribution is 4.97. The summed E-state index contributed by atoms with van der Waals surface area (Å²) in [6.07, 6.45) is 2.55. The van der Waals surface area contributed by atoms with E-state index >= 15 is 0 Å². The topological polar surface area (TPSA) is 12.0 Å². The predicted molar refractivity (Wildman–Crippen MR) is 67.0 cm³/mol. The molecular weight excluding hydrogens is 184 g/mol. The number of quaternary nitrogens is 1. The summed E-state index contributed by atoms with van der Waals surface area (Å²) in [6.45, 7) is 12.8. The van der Waals surface area contributed by atoms with Gasteiger partial charge in [-0.15, -0.1) is 0 Å². The lowest BCUT2D eigenvalue weighted by Gasteiger charge is -2.51. The van der Waals surface area contributed by atoms with Crippen molar-refractivity contribution >= 4 is 0 Å². The highest BCUT2D eigenvalue weighted by Crippen LogP contribution is 2.33. The molecule has 15 heavy (non-hydrogen) atoms. The fourth-order valence-electron chi connectivity index (χ4n) is 3.02. The van der Waals surface area contributed by atoms with E-state index in [2.05, 4.69) is 54.0 Å². The molecule has 0 spiro atoms. The van der Waals surface area contributed by atoms with Crippen molar-refractivity contribution in [3.8, 4) is 0 Å². The molecule has 2 nitrogen and oxygen atoms in total. The third kappa shape index (κ3) is 3.18. The SMILES string of the molecule is CC[N+](C)(C)C1CC(C)(C)NC(C)(C)C1. The maximum Gasteiger partial charge on any atom is 0.0921 e. The van der Waals surface area contributed by atoms with Crippen LogP contribution in [-0.2, 0) is 0 Å². The highest BCUT2D eigenvalue weighted by Gasteiger charge is 2.43. The van der Waals surface area contributed by atoms with Crippen LogP contribution in [0.2, 0.25) is 0 Å². The maximum absolute atomic E-state index is 3.75. The fourth-order valence-corrected chi connectivity index (χ4v) is 3.02. The van der Waals surface area contributed by atoms with Crippen LogP contribution < -0.4 is 5.32 Å². The second kappa shape index (κ2) is 3.74. The van der Waals surface area contributed by atoms with E-state index in [0.29, 0.717) is 0 Å². The summed E-state index contributed by atoms with van der Waals surface area (Å²) in [5.74, 6) is 0. The first-order valence-electron chi connectivity index (χ1n) is 6.20. The van der Waals surface area contributed by atoms with Gasteiger partial charge in [-0.05, 0) is 34.6 Å². The van der Waals surface area contributed by atoms with Gasteiger partial charge in [0.15, 0.2) is 0 Å². The molecule has 1 heterocycles. The van der Waals surface area contributed by atoms with Gasteiger partial charge in [0.1, 0.15) is 0 Å². The van der Waals surface area contributed by atoms with E-state index in [1.165, 1.54) is 19.4 Å². The molecule has 1 aliphatic heterocycles. The molecule has 0 bridgehead atoms. The summed E-state index contributed by atoms with van der Waals surface area (Å²) in [6, 6.07) is 0.779. The van der Waals surface area contributed by atoms with Crippen LogP contribution in [0.4, 0.5) is 0 Å². The molecule has 1 aliphatic rings. The fraction of sp³-hybridized carbons (Fsp3) is 1.00. The average molecular weight is 213 g/mol. The van der Waals surface area contributed by atoms with Gasteiger partial charge in [0.25, 0.3) is 0 Å². The highest BCUT2D eigenvalue weighted by atomic mass is 15.3. The lowest BCUT2D eigenvalue weighted by molar-refractivity contribution is -0.915. The molecule has 0 radical (unpaired) electrons. The molecule has 1 N–H and O–H groups in total. The summed E-state index contributed by atoms with van der Waals surface area (Å²) < 4.78 is 1.15. The Labute approximate surface area is 95.6 Å². The first kappa shape index (κ1) is 13.0. The van der Waals surface area contributed by atoms with E-state index < -0.39 is 0 Å². The van der Waals surface area contributed by atoms with Crippen molar-refractivity contribution in [1.82, 2.24) is 5.32 Å². The first-order chi connectivity index (χ1) is 6.58. The summed E-state index contributed by atoms with van der Waals surface area (Å²) >= 11 is 0. The van der Waals surface area contributed by atoms with Gasteiger partial charge in [0.2, 0.25) is 0 Å². The standard InChI is InChI=1S/C13H29N2/c1-8-15(6,7)11-9-12(2,3)14-13(4,5)10-11/h11,14H,8-10H2,1-7H3/q+1. The van der Waals surface area contributed by atoms with Crippen molar-refractivity contribution in [3.63, 3.8) is 0 Å². The van der Waals surface area contributed by atoms with Crippen LogP contribution in [-0.4, -0.2) is 42.2 Å². The number of nitrogens with one attached hydrogen (secondary N) is 1. The molecule has 1 rings (SSSR count). The maximum atomic E-state index is 3.75. The van der Waals surface area contributed by atoms with Crippen molar-refractivity contribution in [1.29, 1.82) is 0 Å². The Kier molecular flexibility index (Phi) is 3.24. The van der Waals surface area contributed by atoms with Gasteiger partial charge in [-0.3, -0.25) is 0 Å². The second-order valence-electron chi connectivity index (χ2n) is 7.05. The summed E-state index contributed by atoms with van der Waals surface area (Å²) in [4.78, 5) is 0. The lowest BCUT2D eigenvalue weighted by atomic mass is 9.78. The van der Waals surface area contributed by atoms with E-state index in [-0.39, 0.29) is 11.1 Å². The number of hydrogen-bond acceptors (Lipinski definition) is 1. The minimum Gasteiger partial charge on any atom is -0.326 e. The van der Waals surface area contributed by atoms with Crippen molar-refractivity contribution in [2.24, 2.45) is 0 Å². The Morgan fingerprint density at radius 2 is 1.47 bits per heavy atom. The van der Waals surface area contributed by atoms with E-state index in [0.717, 1.165) is 10.5 Å². The summed E-state index contributed by atoms with van der Waals surface area (Å²) in [7, 11) is 4.73. The Bertz CT molecular complexity index is 213. The molecule has 0 atom stereocenters. The van der Waals surface area contributed by atoms with Gasteiger partial charge < -0.3 is 9.80 Å². The minimum absolute atomic E-state index is 0.275. The molecule has 0 aliphatic carbocycles. The predicted octanol–water partition coefficient (Wildman–Crippen LogP) is 2.39. The van der Waals surface area contributed by atoms with Gasteiger partial charge >= 0.3 is 0 Å². The third-order valence-corrected chi connectivity index (χ3v) is 3.97. The van der Waals surface area contributed by atoms with E-state index in [4.69, 9.17) is 0 Å². The van der Waals surface area contributed by atoms with Crippen LogP contribution >= 0.6 is 0 Å². The molecule has 1 saturated heterocycles. The Hall–Kier alpha value is -0.0800. The normalized spacial score (nSPS) is 26.6. The summed E-state index contributed by atoms with van der Waals surface area (Å²) in [5.41, 5.74) is 0.550. The van der Waals surface area contributed by atoms with Crippen LogP contribution in [0.5, 0.6) is 0 Å². The minimum atomic E-state index is 0.275. The molecule has 1 fully saturated rings. The number of piperidine rings is 1. The second-order valence-corrected chi connectivity index (χ2v) is 7.05. The van der Waals surface area contributed by atoms with Crippen LogP contribution in [0.3, 0.4) is 0 Å². The number of nitrogens with zero attached hydrogens (tertiary/aromatic N) is 1. The van der Waals surface area contributed by atoms with Crippen LogP contribution in [0.1, 0.15) is 47.5 Å². The quantitative estimate of drug-likeness (QED) is 0.695. The van der Waals surface area contributed by atoms with Crippen LogP contribution in [0.25, 0.3) is 0 Å². The van der Waals surface area contributed by atoms with E-state index in [1.54, 1.807) is 0 Å². The lowest BCUT2D eigenvalue weighted by Crippen LogP contribution is -2.65. The molecule has 0 aromatic rings. The molecule has 90 valence electrons. The van der Waals surface area contributed by atoms with Crippen molar-refractivity contribution in [3.05, 3.63) is 0 Å². The van der Waals surface area contributed by atoms with E-state index in [1.807, 2.05) is 0 Å². The molecule has 0 amide bonds. The van der Waals surface area contributed by atoms with E-state index in [9.17, 15) is 0 Å². The zero-order chi connectivity index (χ0) is 11.9. The van der Waals surface area contributed by atoms with Crippen molar-refractivity contribution in [2.75, 3.05) is 20.6 Å². The van der Waals surface area contributed by atoms with Gasteiger partial charge in [-0.1, -0.05) is 0 Å². The molecule has 0 saturated carbocycles. The van der Waals surface area contributed by atoms with Crippen LogP contribution in [0.15, 0.2) is 0 Å².